The summed E-state index contributed by atoms with van der Waals surface area (Å²) in [7, 11) is 1.81. The van der Waals surface area contributed by atoms with Crippen molar-refractivity contribution < 1.29 is 9.39 Å². The van der Waals surface area contributed by atoms with E-state index in [-0.39, 0.29) is 5.92 Å². The second kappa shape index (κ2) is 4.91. The lowest BCUT2D eigenvalue weighted by atomic mass is 9.92. The molecule has 3 heterocycles. The molecule has 2 aliphatic rings. The first kappa shape index (κ1) is 12.9. The van der Waals surface area contributed by atoms with Gasteiger partial charge in [-0.25, -0.2) is 4.98 Å². The second-order valence-corrected chi connectivity index (χ2v) is 6.07. The van der Waals surface area contributed by atoms with Gasteiger partial charge in [0.2, 0.25) is 0 Å². The molecular formula is C15H15N3O2S. The highest BCUT2D eigenvalue weighted by atomic mass is 32.2. The van der Waals surface area contributed by atoms with Gasteiger partial charge in [-0.3, -0.25) is 5.06 Å². The third-order valence-corrected chi connectivity index (χ3v) is 4.82. The van der Waals surface area contributed by atoms with Gasteiger partial charge in [-0.1, -0.05) is 18.2 Å². The van der Waals surface area contributed by atoms with Crippen molar-refractivity contribution in [3.05, 3.63) is 59.2 Å². The number of nitrogens with zero attached hydrogens (tertiary/aromatic N) is 3. The van der Waals surface area contributed by atoms with Crippen LogP contribution in [0, 0.1) is 0 Å². The molecule has 0 bridgehead atoms. The lowest BCUT2D eigenvalue weighted by molar-refractivity contribution is 0.0590. The zero-order valence-corrected chi connectivity index (χ0v) is 12.3. The van der Waals surface area contributed by atoms with E-state index in [4.69, 9.17) is 4.28 Å². The van der Waals surface area contributed by atoms with E-state index in [1.54, 1.807) is 5.06 Å². The maximum absolute atomic E-state index is 10.5. The van der Waals surface area contributed by atoms with Crippen molar-refractivity contribution in [3.8, 4) is 5.69 Å². The van der Waals surface area contributed by atoms with E-state index in [1.807, 2.05) is 37.9 Å². The highest BCUT2D eigenvalue weighted by Crippen LogP contribution is 2.42. The van der Waals surface area contributed by atoms with Crippen LogP contribution in [0.2, 0.25) is 0 Å². The molecule has 1 aromatic carbocycles. The average Bonchev–Trinajstić information content (AvgIpc) is 3.17. The molecule has 108 valence electrons. The third kappa shape index (κ3) is 2.07. The fraction of sp³-hybridized carbons (Fsp3) is 0.267. The van der Waals surface area contributed by atoms with Gasteiger partial charge in [-0.15, -0.1) is 0 Å². The molecule has 0 saturated carbocycles. The summed E-state index contributed by atoms with van der Waals surface area (Å²) in [5.74, 6) is 0.158. The van der Waals surface area contributed by atoms with Crippen LogP contribution in [0.1, 0.15) is 23.6 Å². The zero-order valence-electron chi connectivity index (χ0n) is 11.5. The van der Waals surface area contributed by atoms with Crippen molar-refractivity contribution in [2.24, 2.45) is 0 Å². The molecule has 0 fully saturated rings. The summed E-state index contributed by atoms with van der Waals surface area (Å²) in [5, 5.41) is 12.1. The highest BCUT2D eigenvalue weighted by Gasteiger charge is 2.32. The predicted molar refractivity (Wildman–Crippen MR) is 80.6 cm³/mol. The number of fused-ring (bicyclic) bond motifs is 3. The van der Waals surface area contributed by atoms with Crippen LogP contribution in [0.15, 0.2) is 47.9 Å². The summed E-state index contributed by atoms with van der Waals surface area (Å²) >= 11 is 1.22. The minimum absolute atomic E-state index is 0.158. The van der Waals surface area contributed by atoms with Crippen LogP contribution >= 0.6 is 12.0 Å². The van der Waals surface area contributed by atoms with Gasteiger partial charge in [0.1, 0.15) is 0 Å². The molecule has 4 rings (SSSR count). The molecule has 1 aromatic heterocycles. The summed E-state index contributed by atoms with van der Waals surface area (Å²) in [4.78, 5) is 5.08. The Kier molecular flexibility index (Phi) is 3.02. The number of imidazole rings is 1. The van der Waals surface area contributed by atoms with Crippen LogP contribution in [0.4, 0.5) is 0 Å². The molecule has 1 N–H and O–H groups in total. The number of rotatable bonds is 3. The molecule has 0 aliphatic carbocycles. The number of benzene rings is 1. The topological polar surface area (TPSA) is 50.5 Å². The molecule has 0 saturated heterocycles. The van der Waals surface area contributed by atoms with Crippen molar-refractivity contribution in [1.82, 2.24) is 14.6 Å². The Bertz CT molecular complexity index is 712. The van der Waals surface area contributed by atoms with Gasteiger partial charge in [0.25, 0.3) is 0 Å². The molecule has 21 heavy (non-hydrogen) atoms. The summed E-state index contributed by atoms with van der Waals surface area (Å²) < 4.78 is 7.36. The van der Waals surface area contributed by atoms with E-state index in [1.165, 1.54) is 17.6 Å². The maximum Gasteiger partial charge on any atom is 0.0994 e. The Balaban J connectivity index is 1.65. The van der Waals surface area contributed by atoms with Gasteiger partial charge in [0.05, 0.1) is 40.8 Å². The van der Waals surface area contributed by atoms with Crippen molar-refractivity contribution in [2.45, 2.75) is 18.4 Å². The second-order valence-electron chi connectivity index (χ2n) is 5.29. The Morgan fingerprint density at radius 2 is 2.29 bits per heavy atom. The van der Waals surface area contributed by atoms with E-state index in [9.17, 15) is 5.11 Å². The number of aliphatic hydroxyl groups is 1. The summed E-state index contributed by atoms with van der Waals surface area (Å²) in [6.45, 7) is 0. The highest BCUT2D eigenvalue weighted by molar-refractivity contribution is 7.98. The number of hydrogen-bond donors (Lipinski definition) is 1. The SMILES string of the molecule is CN1C=C(C(O)CC2c3ccccc3-n3cncc32)SO1. The maximum atomic E-state index is 10.5. The molecule has 0 spiro atoms. The first-order chi connectivity index (χ1) is 10.2. The monoisotopic (exact) mass is 301 g/mol. The predicted octanol–water partition coefficient (Wildman–Crippen LogP) is 2.44. The Labute approximate surface area is 127 Å². The molecular weight excluding hydrogens is 286 g/mol. The van der Waals surface area contributed by atoms with E-state index in [0.717, 1.165) is 16.3 Å². The van der Waals surface area contributed by atoms with Crippen LogP contribution < -0.4 is 0 Å². The molecule has 2 unspecified atom stereocenters. The largest absolute Gasteiger partial charge is 0.388 e. The summed E-state index contributed by atoms with van der Waals surface area (Å²) in [6, 6.07) is 8.28. The van der Waals surface area contributed by atoms with Crippen molar-refractivity contribution in [1.29, 1.82) is 0 Å². The molecule has 2 aromatic rings. The Morgan fingerprint density at radius 3 is 3.10 bits per heavy atom. The fourth-order valence-corrected chi connectivity index (χ4v) is 3.62. The summed E-state index contributed by atoms with van der Waals surface area (Å²) in [6.07, 6.45) is 5.63. The smallest absolute Gasteiger partial charge is 0.0994 e. The molecule has 2 atom stereocenters. The van der Waals surface area contributed by atoms with Crippen LogP contribution in [0.25, 0.3) is 5.69 Å². The lowest BCUT2D eigenvalue weighted by Crippen LogP contribution is -2.13. The number of hydroxylamine groups is 2. The van der Waals surface area contributed by atoms with E-state index in [2.05, 4.69) is 21.7 Å². The van der Waals surface area contributed by atoms with Crippen LogP contribution in [0.5, 0.6) is 0 Å². The number of hydrogen-bond acceptors (Lipinski definition) is 5. The lowest BCUT2D eigenvalue weighted by Gasteiger charge is -2.16. The van der Waals surface area contributed by atoms with E-state index in [0.29, 0.717) is 6.42 Å². The number of para-hydroxylation sites is 1. The zero-order chi connectivity index (χ0) is 14.4. The molecule has 0 amide bonds. The fourth-order valence-electron chi connectivity index (χ4n) is 2.98. The standard InChI is InChI=1S/C15H15N3O2S/c1-17-8-15(21-20-17)14(19)6-11-10-4-2-3-5-12(10)18-9-16-7-13(11)18/h2-5,7-9,11,14,19H,6H2,1H3. The van der Waals surface area contributed by atoms with Crippen LogP contribution in [-0.2, 0) is 4.28 Å². The van der Waals surface area contributed by atoms with Gasteiger partial charge < -0.3 is 9.67 Å². The quantitative estimate of drug-likeness (QED) is 0.883. The molecule has 2 aliphatic heterocycles. The number of aromatic nitrogens is 2. The third-order valence-electron chi connectivity index (χ3n) is 3.94. The van der Waals surface area contributed by atoms with Gasteiger partial charge in [0.15, 0.2) is 0 Å². The Hall–Kier alpha value is -1.76. The van der Waals surface area contributed by atoms with E-state index >= 15 is 0 Å². The minimum atomic E-state index is -0.542. The van der Waals surface area contributed by atoms with Gasteiger partial charge >= 0.3 is 0 Å². The minimum Gasteiger partial charge on any atom is -0.388 e. The molecule has 5 nitrogen and oxygen atoms in total. The normalized spacial score (nSPS) is 21.1. The van der Waals surface area contributed by atoms with Crippen molar-refractivity contribution in [2.75, 3.05) is 7.05 Å². The molecule has 0 radical (unpaired) electrons. The van der Waals surface area contributed by atoms with E-state index < -0.39 is 6.10 Å². The molecule has 6 heteroatoms. The first-order valence-electron chi connectivity index (χ1n) is 6.83. The number of aliphatic hydroxyl groups excluding tert-OH is 1. The van der Waals surface area contributed by atoms with Gasteiger partial charge in [-0.05, 0) is 18.1 Å². The van der Waals surface area contributed by atoms with Gasteiger partial charge in [0, 0.05) is 25.4 Å². The summed E-state index contributed by atoms with van der Waals surface area (Å²) in [5.41, 5.74) is 3.53. The van der Waals surface area contributed by atoms with Gasteiger partial charge in [-0.2, -0.15) is 4.28 Å². The van der Waals surface area contributed by atoms with Crippen LogP contribution in [-0.4, -0.2) is 32.9 Å². The van der Waals surface area contributed by atoms with Crippen LogP contribution in [0.3, 0.4) is 0 Å². The Morgan fingerprint density at radius 1 is 1.43 bits per heavy atom. The first-order valence-corrected chi connectivity index (χ1v) is 7.57. The van der Waals surface area contributed by atoms with Crippen molar-refractivity contribution >= 4 is 12.0 Å². The van der Waals surface area contributed by atoms with Crippen molar-refractivity contribution in [3.63, 3.8) is 0 Å². The average molecular weight is 301 g/mol.